The molecule has 9 heteroatoms. The highest BCUT2D eigenvalue weighted by molar-refractivity contribution is 5.79. The first kappa shape index (κ1) is 26.5. The number of hydrogen-bond donors (Lipinski definition) is 2. The first-order chi connectivity index (χ1) is 17.6. The summed E-state index contributed by atoms with van der Waals surface area (Å²) in [5.74, 6) is -1.32. The Morgan fingerprint density at radius 3 is 2.22 bits per heavy atom. The van der Waals surface area contributed by atoms with Crippen LogP contribution in [0.5, 0.6) is 0 Å². The number of benzene rings is 2. The van der Waals surface area contributed by atoms with Gasteiger partial charge in [-0.1, -0.05) is 48.5 Å². The summed E-state index contributed by atoms with van der Waals surface area (Å²) in [5.41, 5.74) is 3.87. The van der Waals surface area contributed by atoms with Gasteiger partial charge in [0.1, 0.15) is 18.8 Å². The molecule has 1 fully saturated rings. The number of hydrogen-bond acceptors (Lipinski definition) is 6. The van der Waals surface area contributed by atoms with Gasteiger partial charge in [0.25, 0.3) is 0 Å². The number of likely N-dealkylation sites (tertiary alicyclic amines) is 1. The van der Waals surface area contributed by atoms with Gasteiger partial charge < -0.3 is 29.5 Å². The van der Waals surface area contributed by atoms with E-state index in [1.54, 1.807) is 25.7 Å². The van der Waals surface area contributed by atoms with E-state index < -0.39 is 36.4 Å². The quantitative estimate of drug-likeness (QED) is 0.572. The second kappa shape index (κ2) is 11.2. The molecule has 2 N–H and O–H groups in total. The van der Waals surface area contributed by atoms with Gasteiger partial charge in [-0.2, -0.15) is 0 Å². The number of nitrogens with one attached hydrogen (secondary N) is 1. The van der Waals surface area contributed by atoms with Crippen molar-refractivity contribution in [3.8, 4) is 11.1 Å². The fourth-order valence-electron chi connectivity index (χ4n) is 4.94. The van der Waals surface area contributed by atoms with Crippen molar-refractivity contribution in [3.63, 3.8) is 0 Å². The van der Waals surface area contributed by atoms with E-state index in [-0.39, 0.29) is 31.6 Å². The SMILES string of the molecule is CC(C)(C)OC(=O)N1CC[C@H](COCC(=O)O)[C@H](NC(=O)OCC2c3ccccc3-c3ccccc32)C1. The first-order valence-corrected chi connectivity index (χ1v) is 12.5. The van der Waals surface area contributed by atoms with E-state index in [1.807, 2.05) is 24.3 Å². The van der Waals surface area contributed by atoms with Crippen molar-refractivity contribution in [2.75, 3.05) is 32.9 Å². The van der Waals surface area contributed by atoms with Crippen molar-refractivity contribution < 1.29 is 33.7 Å². The van der Waals surface area contributed by atoms with E-state index in [1.165, 1.54) is 0 Å². The Hall–Kier alpha value is -3.59. The van der Waals surface area contributed by atoms with Gasteiger partial charge in [0.05, 0.1) is 12.6 Å². The lowest BCUT2D eigenvalue weighted by Crippen LogP contribution is -2.56. The van der Waals surface area contributed by atoms with Gasteiger partial charge in [-0.05, 0) is 49.4 Å². The number of rotatable bonds is 7. The highest BCUT2D eigenvalue weighted by Crippen LogP contribution is 2.44. The van der Waals surface area contributed by atoms with E-state index in [9.17, 15) is 14.4 Å². The number of aliphatic carboxylic acids is 1. The lowest BCUT2D eigenvalue weighted by Gasteiger charge is -2.39. The van der Waals surface area contributed by atoms with Crippen LogP contribution in [0.4, 0.5) is 9.59 Å². The number of alkyl carbamates (subject to hydrolysis) is 1. The van der Waals surface area contributed by atoms with Crippen LogP contribution in [0, 0.1) is 5.92 Å². The average molecular weight is 511 g/mol. The minimum absolute atomic E-state index is 0.0718. The minimum Gasteiger partial charge on any atom is -0.480 e. The summed E-state index contributed by atoms with van der Waals surface area (Å²) in [4.78, 5) is 38.0. The topological polar surface area (TPSA) is 114 Å². The second-order valence-corrected chi connectivity index (χ2v) is 10.5. The molecular weight excluding hydrogens is 476 g/mol. The summed E-state index contributed by atoms with van der Waals surface area (Å²) in [7, 11) is 0. The normalized spacial score (nSPS) is 19.1. The Kier molecular flexibility index (Phi) is 8.02. The predicted molar refractivity (Wildman–Crippen MR) is 136 cm³/mol. The van der Waals surface area contributed by atoms with Crippen LogP contribution in [-0.4, -0.2) is 72.7 Å². The molecule has 1 aliphatic carbocycles. The van der Waals surface area contributed by atoms with Crippen LogP contribution >= 0.6 is 0 Å². The van der Waals surface area contributed by atoms with E-state index >= 15 is 0 Å². The zero-order valence-electron chi connectivity index (χ0n) is 21.4. The molecular formula is C28H34N2O7. The summed E-state index contributed by atoms with van der Waals surface area (Å²) >= 11 is 0. The smallest absolute Gasteiger partial charge is 0.410 e. The summed E-state index contributed by atoms with van der Waals surface area (Å²) in [6.07, 6.45) is -0.537. The molecule has 37 heavy (non-hydrogen) atoms. The number of amides is 2. The molecule has 2 aromatic rings. The minimum atomic E-state index is -1.06. The Balaban J connectivity index is 1.41. The number of carboxylic acid groups (broad SMARTS) is 1. The Morgan fingerprint density at radius 1 is 1.00 bits per heavy atom. The molecule has 4 rings (SSSR count). The van der Waals surface area contributed by atoms with Crippen molar-refractivity contribution in [3.05, 3.63) is 59.7 Å². The van der Waals surface area contributed by atoms with Crippen LogP contribution < -0.4 is 5.32 Å². The maximum Gasteiger partial charge on any atom is 0.410 e. The van der Waals surface area contributed by atoms with Gasteiger partial charge in [0, 0.05) is 24.9 Å². The van der Waals surface area contributed by atoms with Gasteiger partial charge in [-0.25, -0.2) is 14.4 Å². The maximum atomic E-state index is 12.9. The van der Waals surface area contributed by atoms with Crippen molar-refractivity contribution in [2.24, 2.45) is 5.92 Å². The van der Waals surface area contributed by atoms with Gasteiger partial charge in [-0.3, -0.25) is 0 Å². The fourth-order valence-corrected chi connectivity index (χ4v) is 4.94. The molecule has 0 spiro atoms. The molecule has 198 valence electrons. The predicted octanol–water partition coefficient (Wildman–Crippen LogP) is 4.25. The van der Waals surface area contributed by atoms with Crippen LogP contribution in [-0.2, 0) is 19.0 Å². The van der Waals surface area contributed by atoms with E-state index in [4.69, 9.17) is 19.3 Å². The maximum absolute atomic E-state index is 12.9. The third-order valence-electron chi connectivity index (χ3n) is 6.61. The second-order valence-electron chi connectivity index (χ2n) is 10.5. The van der Waals surface area contributed by atoms with Crippen molar-refractivity contribution in [1.82, 2.24) is 10.2 Å². The summed E-state index contributed by atoms with van der Waals surface area (Å²) in [5, 5.41) is 11.8. The fraction of sp³-hybridized carbons (Fsp3) is 0.464. The molecule has 0 aromatic heterocycles. The Morgan fingerprint density at radius 2 is 1.62 bits per heavy atom. The third-order valence-corrected chi connectivity index (χ3v) is 6.61. The van der Waals surface area contributed by atoms with Crippen LogP contribution in [0.2, 0.25) is 0 Å². The number of piperidine rings is 1. The molecule has 1 saturated heterocycles. The standard InChI is InChI=1S/C28H34N2O7/c1-28(2,3)37-27(34)30-13-12-18(15-35-17-25(31)32)24(14-30)29-26(33)36-16-23-21-10-6-4-8-19(21)20-9-5-7-11-22(20)23/h4-11,18,23-24H,12-17H2,1-3H3,(H,29,33)(H,31,32)/t18-,24-/m1/s1. The highest BCUT2D eigenvalue weighted by atomic mass is 16.6. The van der Waals surface area contributed by atoms with Crippen LogP contribution in [0.15, 0.2) is 48.5 Å². The molecule has 2 aliphatic rings. The van der Waals surface area contributed by atoms with Crippen LogP contribution in [0.25, 0.3) is 11.1 Å². The number of nitrogens with zero attached hydrogens (tertiary/aromatic N) is 1. The average Bonchev–Trinajstić information content (AvgIpc) is 3.16. The van der Waals surface area contributed by atoms with Crippen molar-refractivity contribution in [1.29, 1.82) is 0 Å². The van der Waals surface area contributed by atoms with Gasteiger partial charge in [-0.15, -0.1) is 0 Å². The first-order valence-electron chi connectivity index (χ1n) is 12.5. The van der Waals surface area contributed by atoms with E-state index in [2.05, 4.69) is 29.6 Å². The molecule has 0 unspecified atom stereocenters. The number of carbonyl (C=O) groups is 3. The molecule has 2 aromatic carbocycles. The molecule has 1 aliphatic heterocycles. The molecule has 0 saturated carbocycles. The number of carbonyl (C=O) groups excluding carboxylic acids is 2. The molecule has 1 heterocycles. The Bertz CT molecular complexity index is 1100. The lowest BCUT2D eigenvalue weighted by molar-refractivity contribution is -0.143. The van der Waals surface area contributed by atoms with Crippen LogP contribution in [0.3, 0.4) is 0 Å². The molecule has 2 atom stereocenters. The Labute approximate surface area is 216 Å². The molecule has 2 amide bonds. The van der Waals surface area contributed by atoms with Crippen molar-refractivity contribution in [2.45, 2.75) is 44.8 Å². The zero-order chi connectivity index (χ0) is 26.6. The monoisotopic (exact) mass is 510 g/mol. The van der Waals surface area contributed by atoms with E-state index in [0.29, 0.717) is 13.0 Å². The third kappa shape index (κ3) is 6.60. The van der Waals surface area contributed by atoms with E-state index in [0.717, 1.165) is 22.3 Å². The van der Waals surface area contributed by atoms with Crippen molar-refractivity contribution >= 4 is 18.2 Å². The molecule has 0 bridgehead atoms. The van der Waals surface area contributed by atoms with Crippen LogP contribution in [0.1, 0.15) is 44.2 Å². The molecule has 0 radical (unpaired) electrons. The summed E-state index contributed by atoms with van der Waals surface area (Å²) in [6, 6.07) is 15.7. The number of carboxylic acids is 1. The summed E-state index contributed by atoms with van der Waals surface area (Å²) < 4.78 is 16.5. The lowest BCUT2D eigenvalue weighted by atomic mass is 9.92. The largest absolute Gasteiger partial charge is 0.480 e. The summed E-state index contributed by atoms with van der Waals surface area (Å²) in [6.45, 7) is 5.89. The highest BCUT2D eigenvalue weighted by Gasteiger charge is 2.35. The number of fused-ring (bicyclic) bond motifs is 3. The zero-order valence-corrected chi connectivity index (χ0v) is 21.4. The molecule has 9 nitrogen and oxygen atoms in total. The van der Waals surface area contributed by atoms with Gasteiger partial charge in [0.15, 0.2) is 0 Å². The number of ether oxygens (including phenoxy) is 3. The van der Waals surface area contributed by atoms with Gasteiger partial charge >= 0.3 is 18.2 Å². The van der Waals surface area contributed by atoms with Gasteiger partial charge in [0.2, 0.25) is 0 Å².